The summed E-state index contributed by atoms with van der Waals surface area (Å²) in [4.78, 5) is 41.1. The van der Waals surface area contributed by atoms with Gasteiger partial charge in [0, 0.05) is 51.4 Å². The number of aromatic nitrogens is 5. The Kier molecular flexibility index (Phi) is 5.96. The predicted octanol–water partition coefficient (Wildman–Crippen LogP) is 2.90. The summed E-state index contributed by atoms with van der Waals surface area (Å²) in [7, 11) is 1.60. The Hall–Kier alpha value is -4.09. The molecule has 4 heterocycles. The van der Waals surface area contributed by atoms with Crippen LogP contribution in [0.5, 0.6) is 0 Å². The predicted molar refractivity (Wildman–Crippen MR) is 143 cm³/mol. The fraction of sp³-hybridized carbons (Fsp3) is 0.269. The van der Waals surface area contributed by atoms with Crippen molar-refractivity contribution in [2.45, 2.75) is 13.5 Å². The topological polar surface area (TPSA) is 112 Å². The van der Waals surface area contributed by atoms with Gasteiger partial charge in [0.1, 0.15) is 11.0 Å². The van der Waals surface area contributed by atoms with Crippen LogP contribution in [0, 0.1) is 12.7 Å². The summed E-state index contributed by atoms with van der Waals surface area (Å²) in [5.41, 5.74) is 3.89. The SMILES string of the molecule is CNC(=O)c1ccc2nc(C)c(N3CCN(Cc4cc(F)c5c(c4)[nH]c(=O)c4cc(Cl)nn45)CC3)nc2c1. The average Bonchev–Trinajstić information content (AvgIpc) is 3.29. The van der Waals surface area contributed by atoms with Gasteiger partial charge in [-0.15, -0.1) is 0 Å². The number of aryl methyl sites for hydroxylation is 1. The number of anilines is 1. The smallest absolute Gasteiger partial charge is 0.274 e. The first-order valence-electron chi connectivity index (χ1n) is 12.2. The summed E-state index contributed by atoms with van der Waals surface area (Å²) in [6.45, 7) is 5.37. The van der Waals surface area contributed by atoms with Gasteiger partial charge < -0.3 is 15.2 Å². The first kappa shape index (κ1) is 24.3. The molecule has 6 rings (SSSR count). The minimum atomic E-state index is -0.477. The van der Waals surface area contributed by atoms with Crippen molar-refractivity contribution < 1.29 is 9.18 Å². The highest BCUT2D eigenvalue weighted by Gasteiger charge is 2.22. The number of carbonyl (C=O) groups excluding carboxylic acids is 1. The van der Waals surface area contributed by atoms with Crippen molar-refractivity contribution in [1.82, 2.24) is 34.8 Å². The molecule has 0 spiro atoms. The second-order valence-electron chi connectivity index (χ2n) is 9.37. The van der Waals surface area contributed by atoms with Gasteiger partial charge >= 0.3 is 0 Å². The molecule has 1 aliphatic heterocycles. The normalized spacial score (nSPS) is 14.6. The van der Waals surface area contributed by atoms with Crippen molar-refractivity contribution in [2.75, 3.05) is 38.1 Å². The van der Waals surface area contributed by atoms with Crippen LogP contribution >= 0.6 is 11.6 Å². The first-order chi connectivity index (χ1) is 18.3. The molecule has 10 nitrogen and oxygen atoms in total. The van der Waals surface area contributed by atoms with Crippen LogP contribution in [-0.4, -0.2) is 68.6 Å². The molecule has 0 unspecified atom stereocenters. The number of nitrogens with zero attached hydrogens (tertiary/aromatic N) is 6. The van der Waals surface area contributed by atoms with Crippen molar-refractivity contribution in [3.05, 3.63) is 74.5 Å². The highest BCUT2D eigenvalue weighted by Crippen LogP contribution is 2.24. The number of piperazine rings is 1. The van der Waals surface area contributed by atoms with Crippen LogP contribution in [0.1, 0.15) is 21.6 Å². The van der Waals surface area contributed by atoms with E-state index in [1.54, 1.807) is 25.2 Å². The zero-order valence-corrected chi connectivity index (χ0v) is 21.5. The van der Waals surface area contributed by atoms with Crippen molar-refractivity contribution in [1.29, 1.82) is 0 Å². The molecule has 194 valence electrons. The van der Waals surface area contributed by atoms with Gasteiger partial charge in [-0.2, -0.15) is 5.10 Å². The summed E-state index contributed by atoms with van der Waals surface area (Å²) in [6, 6.07) is 9.98. The van der Waals surface area contributed by atoms with Gasteiger partial charge in [-0.05, 0) is 42.8 Å². The van der Waals surface area contributed by atoms with Crippen LogP contribution in [0.15, 0.2) is 41.2 Å². The number of rotatable bonds is 4. The van der Waals surface area contributed by atoms with E-state index in [9.17, 15) is 9.59 Å². The third-order valence-electron chi connectivity index (χ3n) is 6.88. The maximum absolute atomic E-state index is 15.1. The van der Waals surface area contributed by atoms with E-state index in [0.29, 0.717) is 23.1 Å². The van der Waals surface area contributed by atoms with E-state index in [0.717, 1.165) is 48.8 Å². The molecular formula is C26H24ClFN8O2. The van der Waals surface area contributed by atoms with Crippen molar-refractivity contribution in [3.63, 3.8) is 0 Å². The third kappa shape index (κ3) is 4.23. The molecule has 0 atom stereocenters. The van der Waals surface area contributed by atoms with E-state index < -0.39 is 5.82 Å². The van der Waals surface area contributed by atoms with Gasteiger partial charge in [0.15, 0.2) is 16.8 Å². The summed E-state index contributed by atoms with van der Waals surface area (Å²) in [5, 5.41) is 6.82. The zero-order chi connectivity index (χ0) is 26.6. The molecule has 0 aliphatic carbocycles. The molecule has 1 saturated heterocycles. The number of carbonyl (C=O) groups is 1. The maximum Gasteiger partial charge on any atom is 0.274 e. The second kappa shape index (κ2) is 9.34. The molecule has 1 aliphatic rings. The Balaban J connectivity index is 1.21. The highest BCUT2D eigenvalue weighted by molar-refractivity contribution is 6.29. The lowest BCUT2D eigenvalue weighted by atomic mass is 10.1. The van der Waals surface area contributed by atoms with E-state index >= 15 is 4.39 Å². The van der Waals surface area contributed by atoms with E-state index in [1.165, 1.54) is 16.6 Å². The lowest BCUT2D eigenvalue weighted by Crippen LogP contribution is -2.46. The molecule has 2 N–H and O–H groups in total. The van der Waals surface area contributed by atoms with Crippen LogP contribution < -0.4 is 15.8 Å². The molecule has 12 heteroatoms. The molecular weight excluding hydrogens is 511 g/mol. The van der Waals surface area contributed by atoms with Gasteiger partial charge in [-0.1, -0.05) is 11.6 Å². The maximum atomic E-state index is 15.1. The number of H-pyrrole nitrogens is 1. The van der Waals surface area contributed by atoms with Gasteiger partial charge in [-0.25, -0.2) is 18.9 Å². The molecule has 0 radical (unpaired) electrons. The fourth-order valence-corrected chi connectivity index (χ4v) is 5.20. The van der Waals surface area contributed by atoms with Gasteiger partial charge in [-0.3, -0.25) is 14.5 Å². The Morgan fingerprint density at radius 3 is 2.66 bits per heavy atom. The van der Waals surface area contributed by atoms with E-state index in [4.69, 9.17) is 21.6 Å². The lowest BCUT2D eigenvalue weighted by molar-refractivity contribution is 0.0963. The molecule has 1 amide bonds. The summed E-state index contributed by atoms with van der Waals surface area (Å²) >= 11 is 5.95. The van der Waals surface area contributed by atoms with E-state index in [2.05, 4.69) is 25.2 Å². The molecule has 5 aromatic rings. The van der Waals surface area contributed by atoms with Crippen molar-refractivity contribution in [2.24, 2.45) is 0 Å². The van der Waals surface area contributed by atoms with Crippen LogP contribution in [-0.2, 0) is 6.54 Å². The highest BCUT2D eigenvalue weighted by atomic mass is 35.5. The van der Waals surface area contributed by atoms with Crippen LogP contribution in [0.25, 0.3) is 27.6 Å². The summed E-state index contributed by atoms with van der Waals surface area (Å²) < 4.78 is 16.4. The minimum absolute atomic E-state index is 0.127. The zero-order valence-electron chi connectivity index (χ0n) is 20.8. The van der Waals surface area contributed by atoms with E-state index in [1.807, 2.05) is 13.0 Å². The molecule has 1 fully saturated rings. The largest absolute Gasteiger partial charge is 0.355 e. The summed E-state index contributed by atoms with van der Waals surface area (Å²) in [5.74, 6) is 0.147. The Labute approximate surface area is 221 Å². The fourth-order valence-electron chi connectivity index (χ4n) is 5.02. The number of benzene rings is 2. The number of amides is 1. The second-order valence-corrected chi connectivity index (χ2v) is 9.76. The van der Waals surface area contributed by atoms with Gasteiger partial charge in [0.25, 0.3) is 11.5 Å². The number of fused-ring (bicyclic) bond motifs is 4. The van der Waals surface area contributed by atoms with Crippen molar-refractivity contribution >= 4 is 50.9 Å². The molecule has 3 aromatic heterocycles. The Morgan fingerprint density at radius 1 is 1.11 bits per heavy atom. The number of halogens is 2. The Morgan fingerprint density at radius 2 is 1.89 bits per heavy atom. The molecule has 0 saturated carbocycles. The van der Waals surface area contributed by atoms with Gasteiger partial charge in [0.05, 0.1) is 22.2 Å². The average molecular weight is 535 g/mol. The van der Waals surface area contributed by atoms with Crippen LogP contribution in [0.3, 0.4) is 0 Å². The number of hydrogen-bond donors (Lipinski definition) is 2. The number of nitrogens with one attached hydrogen (secondary N) is 2. The first-order valence-corrected chi connectivity index (χ1v) is 12.6. The van der Waals surface area contributed by atoms with Crippen LogP contribution in [0.2, 0.25) is 5.15 Å². The Bertz CT molecular complexity index is 1790. The summed E-state index contributed by atoms with van der Waals surface area (Å²) in [6.07, 6.45) is 0. The quantitative estimate of drug-likeness (QED) is 0.365. The minimum Gasteiger partial charge on any atom is -0.355 e. The molecule has 38 heavy (non-hydrogen) atoms. The standard InChI is InChI=1S/C26H24ClFN8O2/c1-14-24(31-19-11-16(25(37)29-2)3-4-18(19)30-14)35-7-5-34(6-8-35)13-15-9-17(28)23-20(10-15)32-26(38)21-12-22(27)33-36(21)23/h3-4,9-12H,5-8,13H2,1-2H3,(H,29,37)(H,32,38). The van der Waals surface area contributed by atoms with E-state index in [-0.39, 0.29) is 27.7 Å². The monoisotopic (exact) mass is 534 g/mol. The lowest BCUT2D eigenvalue weighted by Gasteiger charge is -2.36. The molecule has 0 bridgehead atoms. The molecule has 2 aromatic carbocycles. The van der Waals surface area contributed by atoms with Crippen LogP contribution in [0.4, 0.5) is 10.2 Å². The number of hydrogen-bond acceptors (Lipinski definition) is 7. The van der Waals surface area contributed by atoms with Crippen molar-refractivity contribution in [3.8, 4) is 0 Å². The number of aromatic amines is 1. The third-order valence-corrected chi connectivity index (χ3v) is 7.06. The van der Waals surface area contributed by atoms with Gasteiger partial charge in [0.2, 0.25) is 0 Å².